The molecule has 2 aromatic carbocycles. The van der Waals surface area contributed by atoms with Gasteiger partial charge in [-0.15, -0.1) is 0 Å². The first-order valence-corrected chi connectivity index (χ1v) is 9.96. The highest BCUT2D eigenvalue weighted by Crippen LogP contribution is 2.28. The Morgan fingerprint density at radius 3 is 2.33 bits per heavy atom. The molecule has 0 spiro atoms. The molecule has 0 aliphatic carbocycles. The first kappa shape index (κ1) is 21.5. The maximum Gasteiger partial charge on any atom is 0.313 e. The second-order valence-corrected chi connectivity index (χ2v) is 7.22. The van der Waals surface area contributed by atoms with Crippen LogP contribution in [0, 0.1) is 0 Å². The number of hydrogen-bond acceptors (Lipinski definition) is 6. The van der Waals surface area contributed by atoms with Crippen LogP contribution in [-0.2, 0) is 9.53 Å². The highest BCUT2D eigenvalue weighted by atomic mass is 16.5. The van der Waals surface area contributed by atoms with Crippen molar-refractivity contribution in [3.8, 4) is 11.5 Å². The Morgan fingerprint density at radius 1 is 1.07 bits per heavy atom. The van der Waals surface area contributed by atoms with Crippen LogP contribution in [0.4, 0.5) is 5.69 Å². The summed E-state index contributed by atoms with van der Waals surface area (Å²) in [6.45, 7) is 3.18. The number of nitrogens with zero attached hydrogens (tertiary/aromatic N) is 1. The highest BCUT2D eigenvalue weighted by molar-refractivity contribution is 5.97. The normalized spacial score (nSPS) is 14.5. The van der Waals surface area contributed by atoms with Gasteiger partial charge in [0.1, 0.15) is 11.5 Å². The molecule has 7 heteroatoms. The van der Waals surface area contributed by atoms with Gasteiger partial charge >= 0.3 is 5.97 Å². The van der Waals surface area contributed by atoms with Gasteiger partial charge in [-0.05, 0) is 36.2 Å². The standard InChI is InChI=1S/C23H28N2O5/c1-5-19(23(27)30-4)15-6-8-16(9-7-15)24-17-13-25(14-17)22(26)20-11-10-18(28-2)12-21(20)29-3/h6-12,17,19,24H,5,13-14H2,1-4H3. The van der Waals surface area contributed by atoms with Gasteiger partial charge in [-0.25, -0.2) is 0 Å². The molecule has 1 atom stereocenters. The Hall–Kier alpha value is -3.22. The van der Waals surface area contributed by atoms with E-state index in [0.717, 1.165) is 11.3 Å². The van der Waals surface area contributed by atoms with Crippen molar-refractivity contribution >= 4 is 17.6 Å². The Labute approximate surface area is 176 Å². The van der Waals surface area contributed by atoms with Crippen LogP contribution in [0.3, 0.4) is 0 Å². The molecule has 1 heterocycles. The van der Waals surface area contributed by atoms with Crippen molar-refractivity contribution in [1.82, 2.24) is 4.90 Å². The van der Waals surface area contributed by atoms with E-state index in [1.807, 2.05) is 31.2 Å². The number of rotatable bonds is 8. The number of carbonyl (C=O) groups excluding carboxylic acids is 2. The Morgan fingerprint density at radius 2 is 1.77 bits per heavy atom. The molecule has 30 heavy (non-hydrogen) atoms. The first-order chi connectivity index (χ1) is 14.5. The van der Waals surface area contributed by atoms with E-state index in [1.165, 1.54) is 7.11 Å². The average Bonchev–Trinajstić information content (AvgIpc) is 2.76. The van der Waals surface area contributed by atoms with Crippen LogP contribution >= 0.6 is 0 Å². The van der Waals surface area contributed by atoms with Crippen LogP contribution in [0.15, 0.2) is 42.5 Å². The van der Waals surface area contributed by atoms with E-state index in [4.69, 9.17) is 14.2 Å². The lowest BCUT2D eigenvalue weighted by atomic mass is 9.96. The zero-order valence-corrected chi connectivity index (χ0v) is 17.8. The van der Waals surface area contributed by atoms with Gasteiger partial charge in [0.25, 0.3) is 5.91 Å². The molecule has 0 aromatic heterocycles. The number of esters is 1. The molecular formula is C23H28N2O5. The number of anilines is 1. The third-order valence-electron chi connectivity index (χ3n) is 5.39. The summed E-state index contributed by atoms with van der Waals surface area (Å²) >= 11 is 0. The zero-order chi connectivity index (χ0) is 21.7. The third-order valence-corrected chi connectivity index (χ3v) is 5.39. The number of likely N-dealkylation sites (tertiary alicyclic amines) is 1. The van der Waals surface area contributed by atoms with Gasteiger partial charge < -0.3 is 24.4 Å². The lowest BCUT2D eigenvalue weighted by molar-refractivity contribution is -0.142. The molecule has 1 fully saturated rings. The zero-order valence-electron chi connectivity index (χ0n) is 17.8. The summed E-state index contributed by atoms with van der Waals surface area (Å²) in [5.74, 6) is 0.613. The summed E-state index contributed by atoms with van der Waals surface area (Å²) in [4.78, 5) is 26.4. The number of benzene rings is 2. The molecule has 2 aromatic rings. The third kappa shape index (κ3) is 4.50. The Bertz CT molecular complexity index is 891. The maximum atomic E-state index is 12.8. The van der Waals surface area contributed by atoms with Crippen molar-refractivity contribution in [2.75, 3.05) is 39.7 Å². The fourth-order valence-corrected chi connectivity index (χ4v) is 3.61. The number of methoxy groups -OCH3 is 3. The van der Waals surface area contributed by atoms with Gasteiger partial charge in [0, 0.05) is 24.8 Å². The Balaban J connectivity index is 1.57. The second-order valence-electron chi connectivity index (χ2n) is 7.22. The SMILES string of the molecule is CCC(C(=O)OC)c1ccc(NC2CN(C(=O)c3ccc(OC)cc3OC)C2)cc1. The number of amides is 1. The fraction of sp³-hybridized carbons (Fsp3) is 0.391. The number of hydrogen-bond donors (Lipinski definition) is 1. The van der Waals surface area contributed by atoms with Crippen LogP contribution in [0.5, 0.6) is 11.5 Å². The number of ether oxygens (including phenoxy) is 3. The fourth-order valence-electron chi connectivity index (χ4n) is 3.61. The number of carbonyl (C=O) groups is 2. The second kappa shape index (κ2) is 9.52. The molecular weight excluding hydrogens is 384 g/mol. The van der Waals surface area contributed by atoms with E-state index in [-0.39, 0.29) is 23.8 Å². The molecule has 1 saturated heterocycles. The predicted octanol–water partition coefficient (Wildman–Crippen LogP) is 3.31. The van der Waals surface area contributed by atoms with Gasteiger partial charge in [0.05, 0.1) is 38.9 Å². The molecule has 0 bridgehead atoms. The summed E-state index contributed by atoms with van der Waals surface area (Å²) in [6, 6.07) is 13.2. The molecule has 1 aliphatic heterocycles. The molecule has 1 unspecified atom stereocenters. The van der Waals surface area contributed by atoms with Crippen molar-refractivity contribution in [1.29, 1.82) is 0 Å². The molecule has 0 saturated carbocycles. The minimum atomic E-state index is -0.250. The van der Waals surface area contributed by atoms with Crippen molar-refractivity contribution in [2.45, 2.75) is 25.3 Å². The van der Waals surface area contributed by atoms with Gasteiger partial charge in [-0.2, -0.15) is 0 Å². The minimum absolute atomic E-state index is 0.0632. The van der Waals surface area contributed by atoms with Crippen molar-refractivity contribution in [3.05, 3.63) is 53.6 Å². The minimum Gasteiger partial charge on any atom is -0.497 e. The van der Waals surface area contributed by atoms with Crippen LogP contribution in [-0.4, -0.2) is 57.2 Å². The summed E-state index contributed by atoms with van der Waals surface area (Å²) in [5, 5.41) is 3.43. The Kier molecular flexibility index (Phi) is 6.82. The maximum absolute atomic E-state index is 12.8. The first-order valence-electron chi connectivity index (χ1n) is 9.96. The topological polar surface area (TPSA) is 77.1 Å². The molecule has 160 valence electrons. The van der Waals surface area contributed by atoms with E-state index in [9.17, 15) is 9.59 Å². The van der Waals surface area contributed by atoms with Gasteiger partial charge in [0.15, 0.2) is 0 Å². The van der Waals surface area contributed by atoms with Crippen LogP contribution in [0.2, 0.25) is 0 Å². The predicted molar refractivity (Wildman–Crippen MR) is 114 cm³/mol. The van der Waals surface area contributed by atoms with Gasteiger partial charge in [0.2, 0.25) is 0 Å². The monoisotopic (exact) mass is 412 g/mol. The van der Waals surface area contributed by atoms with Crippen molar-refractivity contribution < 1.29 is 23.8 Å². The summed E-state index contributed by atoms with van der Waals surface area (Å²) < 4.78 is 15.4. The molecule has 1 amide bonds. The average molecular weight is 412 g/mol. The summed E-state index contributed by atoms with van der Waals surface area (Å²) in [5.41, 5.74) is 2.42. The quantitative estimate of drug-likeness (QED) is 0.671. The molecule has 1 N–H and O–H groups in total. The molecule has 1 aliphatic rings. The van der Waals surface area contributed by atoms with E-state index >= 15 is 0 Å². The summed E-state index contributed by atoms with van der Waals surface area (Å²) in [6.07, 6.45) is 0.688. The summed E-state index contributed by atoms with van der Waals surface area (Å²) in [7, 11) is 4.53. The molecule has 0 radical (unpaired) electrons. The van der Waals surface area contributed by atoms with Crippen LogP contribution in [0.25, 0.3) is 0 Å². The van der Waals surface area contributed by atoms with Crippen LogP contribution in [0.1, 0.15) is 35.2 Å². The van der Waals surface area contributed by atoms with Crippen molar-refractivity contribution in [3.63, 3.8) is 0 Å². The van der Waals surface area contributed by atoms with E-state index in [2.05, 4.69) is 5.32 Å². The van der Waals surface area contributed by atoms with Gasteiger partial charge in [-0.1, -0.05) is 19.1 Å². The molecule has 7 nitrogen and oxygen atoms in total. The van der Waals surface area contributed by atoms with E-state index in [0.29, 0.717) is 36.6 Å². The van der Waals surface area contributed by atoms with E-state index < -0.39 is 0 Å². The highest BCUT2D eigenvalue weighted by Gasteiger charge is 2.32. The lowest BCUT2D eigenvalue weighted by Crippen LogP contribution is -2.57. The lowest BCUT2D eigenvalue weighted by Gasteiger charge is -2.40. The molecule has 3 rings (SSSR count). The van der Waals surface area contributed by atoms with Crippen molar-refractivity contribution in [2.24, 2.45) is 0 Å². The largest absolute Gasteiger partial charge is 0.497 e. The van der Waals surface area contributed by atoms with Gasteiger partial charge in [-0.3, -0.25) is 9.59 Å². The van der Waals surface area contributed by atoms with Crippen LogP contribution < -0.4 is 14.8 Å². The number of nitrogens with one attached hydrogen (secondary N) is 1. The smallest absolute Gasteiger partial charge is 0.313 e. The van der Waals surface area contributed by atoms with E-state index in [1.54, 1.807) is 37.3 Å².